The van der Waals surface area contributed by atoms with Crippen molar-refractivity contribution in [2.45, 2.75) is 46.6 Å². The largest absolute Gasteiger partial charge is 0.460 e. The molecule has 0 saturated heterocycles. The van der Waals surface area contributed by atoms with Gasteiger partial charge in [0.2, 0.25) is 0 Å². The molecule has 0 aliphatic heterocycles. The Morgan fingerprint density at radius 3 is 2.61 bits per heavy atom. The van der Waals surface area contributed by atoms with Gasteiger partial charge in [0.05, 0.1) is 17.5 Å². The number of pyridine rings is 2. The van der Waals surface area contributed by atoms with Crippen LogP contribution in [0.1, 0.15) is 46.6 Å². The first-order chi connectivity index (χ1) is 15.5. The molecular weight excluding hydrogens is 421 g/mol. The third kappa shape index (κ3) is 6.62. The molecule has 7 nitrogen and oxygen atoms in total. The first-order valence-corrected chi connectivity index (χ1v) is 10.6. The lowest BCUT2D eigenvalue weighted by Crippen LogP contribution is -2.31. The second-order valence-corrected chi connectivity index (χ2v) is 9.64. The van der Waals surface area contributed by atoms with Gasteiger partial charge in [0.15, 0.2) is 17.5 Å². The van der Waals surface area contributed by atoms with Crippen molar-refractivity contribution in [2.24, 2.45) is 5.41 Å². The molecule has 0 radical (unpaired) electrons. The fourth-order valence-electron chi connectivity index (χ4n) is 3.24. The lowest BCUT2D eigenvalue weighted by atomic mass is 9.89. The van der Waals surface area contributed by atoms with E-state index in [1.165, 1.54) is 0 Å². The van der Waals surface area contributed by atoms with Crippen LogP contribution in [-0.2, 0) is 9.53 Å². The Morgan fingerprint density at radius 2 is 1.91 bits per heavy atom. The van der Waals surface area contributed by atoms with Crippen molar-refractivity contribution in [1.82, 2.24) is 9.97 Å². The van der Waals surface area contributed by atoms with E-state index < -0.39 is 16.8 Å². The first kappa shape index (κ1) is 23.9. The maximum absolute atomic E-state index is 14.6. The SMILES string of the molecule is CC(C)(CNc1nc(Nc2ccc3ncccc3c2)c(C#N)cc1F)CC(=O)OC(C)(C)C. The smallest absolute Gasteiger partial charge is 0.306 e. The van der Waals surface area contributed by atoms with Crippen molar-refractivity contribution in [1.29, 1.82) is 5.26 Å². The number of halogens is 1. The summed E-state index contributed by atoms with van der Waals surface area (Å²) in [6.45, 7) is 9.48. The summed E-state index contributed by atoms with van der Waals surface area (Å²) in [5, 5.41) is 16.4. The van der Waals surface area contributed by atoms with Gasteiger partial charge in [-0.2, -0.15) is 5.26 Å². The van der Waals surface area contributed by atoms with Gasteiger partial charge in [-0.25, -0.2) is 9.37 Å². The number of rotatable bonds is 7. The molecular formula is C25H28FN5O2. The number of nitriles is 1. The summed E-state index contributed by atoms with van der Waals surface area (Å²) >= 11 is 0. The zero-order chi connectivity index (χ0) is 24.2. The number of carbonyl (C=O) groups excluding carboxylic acids is 1. The van der Waals surface area contributed by atoms with Crippen LogP contribution in [0.2, 0.25) is 0 Å². The zero-order valence-corrected chi connectivity index (χ0v) is 19.5. The Balaban J connectivity index is 1.77. The van der Waals surface area contributed by atoms with Gasteiger partial charge in [-0.1, -0.05) is 19.9 Å². The van der Waals surface area contributed by atoms with Crippen molar-refractivity contribution >= 4 is 34.2 Å². The Morgan fingerprint density at radius 1 is 1.15 bits per heavy atom. The molecule has 172 valence electrons. The van der Waals surface area contributed by atoms with E-state index in [0.29, 0.717) is 5.69 Å². The number of aromatic nitrogens is 2. The Kier molecular flexibility index (Phi) is 6.82. The molecule has 2 heterocycles. The fraction of sp³-hybridized carbons (Fsp3) is 0.360. The number of ether oxygens (including phenoxy) is 1. The average Bonchev–Trinajstić information content (AvgIpc) is 2.71. The highest BCUT2D eigenvalue weighted by atomic mass is 19.1. The van der Waals surface area contributed by atoms with Crippen LogP contribution < -0.4 is 10.6 Å². The van der Waals surface area contributed by atoms with E-state index in [1.54, 1.807) is 6.20 Å². The lowest BCUT2D eigenvalue weighted by molar-refractivity contribution is -0.157. The number of fused-ring (bicyclic) bond motifs is 1. The molecule has 0 bridgehead atoms. The van der Waals surface area contributed by atoms with Crippen LogP contribution in [0.5, 0.6) is 0 Å². The van der Waals surface area contributed by atoms with E-state index in [4.69, 9.17) is 4.74 Å². The van der Waals surface area contributed by atoms with Gasteiger partial charge < -0.3 is 15.4 Å². The third-order valence-electron chi connectivity index (χ3n) is 4.74. The number of benzene rings is 1. The highest BCUT2D eigenvalue weighted by molar-refractivity contribution is 5.83. The molecule has 0 spiro atoms. The van der Waals surface area contributed by atoms with Crippen LogP contribution in [0.15, 0.2) is 42.6 Å². The van der Waals surface area contributed by atoms with Crippen LogP contribution in [0, 0.1) is 22.6 Å². The summed E-state index contributed by atoms with van der Waals surface area (Å²) in [5.74, 6) is -0.741. The van der Waals surface area contributed by atoms with E-state index in [9.17, 15) is 14.4 Å². The lowest BCUT2D eigenvalue weighted by Gasteiger charge is -2.27. The van der Waals surface area contributed by atoms with Crippen molar-refractivity contribution < 1.29 is 13.9 Å². The monoisotopic (exact) mass is 449 g/mol. The summed E-state index contributed by atoms with van der Waals surface area (Å²) < 4.78 is 20.0. The molecule has 0 amide bonds. The predicted octanol–water partition coefficient (Wildman–Crippen LogP) is 5.55. The van der Waals surface area contributed by atoms with Crippen LogP contribution in [0.25, 0.3) is 10.9 Å². The van der Waals surface area contributed by atoms with Crippen molar-refractivity contribution in [3.8, 4) is 6.07 Å². The molecule has 3 rings (SSSR count). The molecule has 0 aliphatic rings. The molecule has 0 unspecified atom stereocenters. The number of carbonyl (C=O) groups is 1. The Hall–Kier alpha value is -3.73. The number of hydrogen-bond acceptors (Lipinski definition) is 7. The maximum Gasteiger partial charge on any atom is 0.306 e. The number of hydrogen-bond donors (Lipinski definition) is 2. The summed E-state index contributed by atoms with van der Waals surface area (Å²) in [6, 6.07) is 12.4. The van der Waals surface area contributed by atoms with Gasteiger partial charge in [0.25, 0.3) is 0 Å². The minimum atomic E-state index is -0.645. The topological polar surface area (TPSA) is 99.9 Å². The Bertz CT molecular complexity index is 1210. The van der Waals surface area contributed by atoms with E-state index >= 15 is 0 Å². The molecule has 33 heavy (non-hydrogen) atoms. The molecule has 0 aliphatic carbocycles. The maximum atomic E-state index is 14.6. The summed E-state index contributed by atoms with van der Waals surface area (Å²) in [7, 11) is 0. The summed E-state index contributed by atoms with van der Waals surface area (Å²) in [6.07, 6.45) is 1.87. The van der Waals surface area contributed by atoms with Crippen molar-refractivity contribution in [3.63, 3.8) is 0 Å². The van der Waals surface area contributed by atoms with Crippen LogP contribution in [0.3, 0.4) is 0 Å². The molecule has 2 aromatic heterocycles. The number of anilines is 3. The highest BCUT2D eigenvalue weighted by Crippen LogP contribution is 2.27. The van der Waals surface area contributed by atoms with Crippen molar-refractivity contribution in [3.05, 3.63) is 54.0 Å². The van der Waals surface area contributed by atoms with Gasteiger partial charge >= 0.3 is 5.97 Å². The van der Waals surface area contributed by atoms with E-state index in [-0.39, 0.29) is 36.1 Å². The van der Waals surface area contributed by atoms with Gasteiger partial charge in [-0.3, -0.25) is 9.78 Å². The summed E-state index contributed by atoms with van der Waals surface area (Å²) in [4.78, 5) is 20.8. The van der Waals surface area contributed by atoms with E-state index in [1.807, 2.05) is 71.0 Å². The first-order valence-electron chi connectivity index (χ1n) is 10.6. The minimum absolute atomic E-state index is 0.00350. The number of nitrogens with zero attached hydrogens (tertiary/aromatic N) is 3. The average molecular weight is 450 g/mol. The molecule has 3 aromatic rings. The van der Waals surface area contributed by atoms with Gasteiger partial charge in [-0.15, -0.1) is 0 Å². The van der Waals surface area contributed by atoms with E-state index in [2.05, 4.69) is 20.6 Å². The predicted molar refractivity (Wildman–Crippen MR) is 127 cm³/mol. The molecule has 0 atom stereocenters. The Labute approximate surface area is 193 Å². The van der Waals surface area contributed by atoms with E-state index in [0.717, 1.165) is 17.0 Å². The standard InChI is InChI=1S/C25H28FN5O2/c1-24(2,3)33-21(32)13-25(4,5)15-29-23-19(26)12-17(14-27)22(31-23)30-18-8-9-20-16(11-18)7-6-10-28-20/h6-12H,13,15H2,1-5H3,(H2,29,30,31). The molecule has 2 N–H and O–H groups in total. The molecule has 0 fully saturated rings. The number of nitrogens with one attached hydrogen (secondary N) is 2. The highest BCUT2D eigenvalue weighted by Gasteiger charge is 2.26. The second kappa shape index (κ2) is 9.41. The third-order valence-corrected chi connectivity index (χ3v) is 4.74. The molecule has 1 aromatic carbocycles. The fourth-order valence-corrected chi connectivity index (χ4v) is 3.24. The molecule has 8 heteroatoms. The van der Waals surface area contributed by atoms with Gasteiger partial charge in [0, 0.05) is 23.8 Å². The van der Waals surface area contributed by atoms with Crippen molar-refractivity contribution in [2.75, 3.05) is 17.2 Å². The van der Waals surface area contributed by atoms with Gasteiger partial charge in [0.1, 0.15) is 11.7 Å². The summed E-state index contributed by atoms with van der Waals surface area (Å²) in [5.41, 5.74) is 0.536. The van der Waals surface area contributed by atoms with Crippen LogP contribution >= 0.6 is 0 Å². The quantitative estimate of drug-likeness (QED) is 0.456. The minimum Gasteiger partial charge on any atom is -0.460 e. The van der Waals surface area contributed by atoms with Crippen LogP contribution in [-0.4, -0.2) is 28.1 Å². The zero-order valence-electron chi connectivity index (χ0n) is 19.5. The molecule has 0 saturated carbocycles. The normalized spacial score (nSPS) is 11.7. The number of esters is 1. The van der Waals surface area contributed by atoms with Crippen LogP contribution in [0.4, 0.5) is 21.7 Å². The second-order valence-electron chi connectivity index (χ2n) is 9.64. The van der Waals surface area contributed by atoms with Gasteiger partial charge in [-0.05, 0) is 56.5 Å².